The van der Waals surface area contributed by atoms with Gasteiger partial charge >= 0.3 is 0 Å². The highest BCUT2D eigenvalue weighted by molar-refractivity contribution is 5.96. The molecule has 2 aromatic rings. The summed E-state index contributed by atoms with van der Waals surface area (Å²) in [5.74, 6) is 1.97. The molecule has 0 bridgehead atoms. The van der Waals surface area contributed by atoms with E-state index in [0.29, 0.717) is 18.0 Å². The zero-order chi connectivity index (χ0) is 16.4. The van der Waals surface area contributed by atoms with Crippen molar-refractivity contribution in [1.82, 2.24) is 24.6 Å². The maximum atomic E-state index is 12.8. The van der Waals surface area contributed by atoms with E-state index in [-0.39, 0.29) is 11.9 Å². The van der Waals surface area contributed by atoms with Crippen LogP contribution in [-0.2, 0) is 0 Å². The number of amides is 1. The molecule has 0 aliphatic carbocycles. The molecule has 1 saturated heterocycles. The summed E-state index contributed by atoms with van der Waals surface area (Å²) >= 11 is 0. The van der Waals surface area contributed by atoms with E-state index in [2.05, 4.69) is 15.1 Å². The van der Waals surface area contributed by atoms with E-state index < -0.39 is 0 Å². The second-order valence-electron chi connectivity index (χ2n) is 5.76. The lowest BCUT2D eigenvalue weighted by atomic mass is 10.0. The molecule has 3 rings (SSSR count). The van der Waals surface area contributed by atoms with Gasteiger partial charge in [-0.2, -0.15) is 5.10 Å². The fourth-order valence-corrected chi connectivity index (χ4v) is 3.11. The van der Waals surface area contributed by atoms with Crippen LogP contribution in [0.25, 0.3) is 0 Å². The number of hydrogen-bond acceptors (Lipinski definition) is 5. The molecule has 1 fully saturated rings. The highest BCUT2D eigenvalue weighted by atomic mass is 16.5. The van der Waals surface area contributed by atoms with E-state index in [4.69, 9.17) is 4.74 Å². The minimum Gasteiger partial charge on any atom is -0.480 e. The molecule has 1 unspecified atom stereocenters. The lowest BCUT2D eigenvalue weighted by Gasteiger charge is -2.33. The normalized spacial score (nSPS) is 18.0. The Hall–Kier alpha value is -2.44. The number of methoxy groups -OCH3 is 1. The van der Waals surface area contributed by atoms with E-state index in [1.807, 2.05) is 23.4 Å². The molecule has 1 aliphatic rings. The number of nitrogens with zero attached hydrogens (tertiary/aromatic N) is 5. The first kappa shape index (κ1) is 15.5. The van der Waals surface area contributed by atoms with E-state index >= 15 is 0 Å². The zero-order valence-electron chi connectivity index (χ0n) is 13.7. The second-order valence-corrected chi connectivity index (χ2v) is 5.76. The van der Waals surface area contributed by atoms with Gasteiger partial charge in [-0.25, -0.2) is 14.6 Å². The standard InChI is InChI=1S/C16H21N5O2/c1-11-18-12(2)21(19-11)13-6-5-9-20(10-13)16(22)14-7-4-8-17-15(14)23-3/h4,7-8,13H,5-6,9-10H2,1-3H3. The van der Waals surface area contributed by atoms with Crippen molar-refractivity contribution in [3.8, 4) is 5.88 Å². The molecule has 122 valence electrons. The summed E-state index contributed by atoms with van der Waals surface area (Å²) < 4.78 is 7.14. The average Bonchev–Trinajstić information content (AvgIpc) is 2.92. The quantitative estimate of drug-likeness (QED) is 0.863. The van der Waals surface area contributed by atoms with Gasteiger partial charge in [-0.3, -0.25) is 4.79 Å². The lowest BCUT2D eigenvalue weighted by Crippen LogP contribution is -2.41. The Kier molecular flexibility index (Phi) is 4.27. The smallest absolute Gasteiger partial charge is 0.259 e. The molecular weight excluding hydrogens is 294 g/mol. The summed E-state index contributed by atoms with van der Waals surface area (Å²) in [6.45, 7) is 5.20. The largest absolute Gasteiger partial charge is 0.480 e. The molecule has 0 saturated carbocycles. The number of hydrogen-bond donors (Lipinski definition) is 0. The van der Waals surface area contributed by atoms with Gasteiger partial charge in [0.25, 0.3) is 5.91 Å². The Morgan fingerprint density at radius 1 is 1.39 bits per heavy atom. The van der Waals surface area contributed by atoms with Gasteiger partial charge in [0.15, 0.2) is 0 Å². The molecule has 3 heterocycles. The van der Waals surface area contributed by atoms with Gasteiger partial charge in [-0.15, -0.1) is 0 Å². The SMILES string of the molecule is COc1ncccc1C(=O)N1CCCC(n2nc(C)nc2C)C1. The predicted molar refractivity (Wildman–Crippen MR) is 84.5 cm³/mol. The zero-order valence-corrected chi connectivity index (χ0v) is 13.7. The van der Waals surface area contributed by atoms with Crippen LogP contribution in [0.5, 0.6) is 5.88 Å². The second kappa shape index (κ2) is 6.36. The van der Waals surface area contributed by atoms with Crippen LogP contribution in [0.1, 0.15) is 40.9 Å². The monoisotopic (exact) mass is 315 g/mol. The van der Waals surface area contributed by atoms with Gasteiger partial charge in [-0.05, 0) is 38.8 Å². The molecule has 7 heteroatoms. The maximum Gasteiger partial charge on any atom is 0.259 e. The molecule has 0 spiro atoms. The molecule has 0 N–H and O–H groups in total. The number of piperidine rings is 1. The number of aromatic nitrogens is 4. The topological polar surface area (TPSA) is 73.1 Å². The van der Waals surface area contributed by atoms with Gasteiger partial charge in [0, 0.05) is 19.3 Å². The van der Waals surface area contributed by atoms with Gasteiger partial charge < -0.3 is 9.64 Å². The highest BCUT2D eigenvalue weighted by Crippen LogP contribution is 2.25. The summed E-state index contributed by atoms with van der Waals surface area (Å²) in [5, 5.41) is 4.46. The van der Waals surface area contributed by atoms with Crippen molar-refractivity contribution in [2.75, 3.05) is 20.2 Å². The van der Waals surface area contributed by atoms with E-state index in [1.54, 1.807) is 18.3 Å². The predicted octanol–water partition coefficient (Wildman–Crippen LogP) is 1.78. The van der Waals surface area contributed by atoms with Crippen LogP contribution in [-0.4, -0.2) is 50.8 Å². The van der Waals surface area contributed by atoms with E-state index in [1.165, 1.54) is 7.11 Å². The summed E-state index contributed by atoms with van der Waals surface area (Å²) in [7, 11) is 1.53. The lowest BCUT2D eigenvalue weighted by molar-refractivity contribution is 0.0667. The van der Waals surface area contributed by atoms with Crippen LogP contribution in [0.15, 0.2) is 18.3 Å². The van der Waals surface area contributed by atoms with E-state index in [9.17, 15) is 4.79 Å². The molecule has 23 heavy (non-hydrogen) atoms. The Morgan fingerprint density at radius 3 is 2.91 bits per heavy atom. The van der Waals surface area contributed by atoms with Crippen LogP contribution in [0.3, 0.4) is 0 Å². The first-order valence-corrected chi connectivity index (χ1v) is 7.78. The van der Waals surface area contributed by atoms with Crippen molar-refractivity contribution < 1.29 is 9.53 Å². The summed E-state index contributed by atoms with van der Waals surface area (Å²) in [4.78, 5) is 23.1. The number of pyridine rings is 1. The number of carbonyl (C=O) groups excluding carboxylic acids is 1. The van der Waals surface area contributed by atoms with Crippen LogP contribution in [0.4, 0.5) is 0 Å². The van der Waals surface area contributed by atoms with Crippen LogP contribution < -0.4 is 4.74 Å². The van der Waals surface area contributed by atoms with Crippen molar-refractivity contribution in [2.24, 2.45) is 0 Å². The van der Waals surface area contributed by atoms with Crippen molar-refractivity contribution in [1.29, 1.82) is 0 Å². The minimum absolute atomic E-state index is 0.0471. The first-order chi connectivity index (χ1) is 11.1. The molecule has 1 aliphatic heterocycles. The van der Waals surface area contributed by atoms with Crippen molar-refractivity contribution in [2.45, 2.75) is 32.7 Å². The summed E-state index contributed by atoms with van der Waals surface area (Å²) in [6.07, 6.45) is 3.56. The van der Waals surface area contributed by atoms with Crippen molar-refractivity contribution in [3.63, 3.8) is 0 Å². The fraction of sp³-hybridized carbons (Fsp3) is 0.500. The van der Waals surface area contributed by atoms with Crippen LogP contribution >= 0.6 is 0 Å². The third-order valence-electron chi connectivity index (χ3n) is 4.13. The van der Waals surface area contributed by atoms with Crippen molar-refractivity contribution in [3.05, 3.63) is 35.5 Å². The molecule has 0 radical (unpaired) electrons. The third-order valence-corrected chi connectivity index (χ3v) is 4.13. The molecule has 2 aromatic heterocycles. The summed E-state index contributed by atoms with van der Waals surface area (Å²) in [5.41, 5.74) is 0.502. The first-order valence-electron chi connectivity index (χ1n) is 7.78. The fourth-order valence-electron chi connectivity index (χ4n) is 3.11. The van der Waals surface area contributed by atoms with E-state index in [0.717, 1.165) is 31.0 Å². The maximum absolute atomic E-state index is 12.8. The molecule has 7 nitrogen and oxygen atoms in total. The van der Waals surface area contributed by atoms with Gasteiger partial charge in [0.05, 0.1) is 13.2 Å². The van der Waals surface area contributed by atoms with Crippen LogP contribution in [0.2, 0.25) is 0 Å². The number of aryl methyl sites for hydroxylation is 2. The minimum atomic E-state index is -0.0471. The molecular formula is C16H21N5O2. The number of carbonyl (C=O) groups is 1. The highest BCUT2D eigenvalue weighted by Gasteiger charge is 2.28. The van der Waals surface area contributed by atoms with Gasteiger partial charge in [0.2, 0.25) is 5.88 Å². The molecule has 1 atom stereocenters. The number of likely N-dealkylation sites (tertiary alicyclic amines) is 1. The third kappa shape index (κ3) is 3.04. The Balaban J connectivity index is 1.81. The van der Waals surface area contributed by atoms with Gasteiger partial charge in [0.1, 0.15) is 17.2 Å². The Bertz CT molecular complexity index is 712. The summed E-state index contributed by atoms with van der Waals surface area (Å²) in [6, 6.07) is 3.67. The number of rotatable bonds is 3. The molecule has 1 amide bonds. The number of ether oxygens (including phenoxy) is 1. The Labute approximate surface area is 135 Å². The van der Waals surface area contributed by atoms with Gasteiger partial charge in [-0.1, -0.05) is 0 Å². The van der Waals surface area contributed by atoms with Crippen LogP contribution in [0, 0.1) is 13.8 Å². The van der Waals surface area contributed by atoms with Crippen molar-refractivity contribution >= 4 is 5.91 Å². The molecule has 0 aromatic carbocycles. The Morgan fingerprint density at radius 2 is 2.22 bits per heavy atom. The average molecular weight is 315 g/mol.